The van der Waals surface area contributed by atoms with Crippen molar-refractivity contribution < 1.29 is 18.6 Å². The molecule has 0 spiro atoms. The molecule has 4 rings (SSSR count). The first kappa shape index (κ1) is 17.1. The summed E-state index contributed by atoms with van der Waals surface area (Å²) in [6, 6.07) is 10.8. The van der Waals surface area contributed by atoms with Gasteiger partial charge in [0.15, 0.2) is 11.3 Å². The van der Waals surface area contributed by atoms with Crippen molar-refractivity contribution >= 4 is 28.9 Å². The maximum atomic E-state index is 12.0. The van der Waals surface area contributed by atoms with Crippen LogP contribution >= 0.6 is 0 Å². The lowest BCUT2D eigenvalue weighted by atomic mass is 9.97. The molecule has 9 nitrogen and oxygen atoms in total. The van der Waals surface area contributed by atoms with E-state index in [4.69, 9.17) is 8.83 Å². The van der Waals surface area contributed by atoms with Crippen LogP contribution in [0.3, 0.4) is 0 Å². The molecule has 1 aliphatic heterocycles. The maximum absolute atomic E-state index is 12.0. The average molecular weight is 370 g/mol. The summed E-state index contributed by atoms with van der Waals surface area (Å²) in [5.41, 5.74) is 1.61. The molecule has 1 amide bonds. The van der Waals surface area contributed by atoms with Gasteiger partial charge in [-0.1, -0.05) is 12.1 Å². The van der Waals surface area contributed by atoms with Gasteiger partial charge in [-0.25, -0.2) is 0 Å². The molecular weight excluding hydrogens is 352 g/mol. The lowest BCUT2D eigenvalue weighted by Gasteiger charge is -2.30. The van der Waals surface area contributed by atoms with E-state index in [0.29, 0.717) is 18.5 Å². The number of rotatable bonds is 5. The molecule has 1 aliphatic rings. The first-order valence-electron chi connectivity index (χ1n) is 8.73. The summed E-state index contributed by atoms with van der Waals surface area (Å²) in [5, 5.41) is 13.4. The van der Waals surface area contributed by atoms with Crippen molar-refractivity contribution in [1.29, 1.82) is 0 Å². The Morgan fingerprint density at radius 3 is 2.70 bits per heavy atom. The maximum Gasteiger partial charge on any atom is 0.433 e. The Kier molecular flexibility index (Phi) is 4.49. The Bertz CT molecular complexity index is 938. The van der Waals surface area contributed by atoms with Gasteiger partial charge in [-0.3, -0.25) is 14.9 Å². The van der Waals surface area contributed by atoms with Crippen LogP contribution in [0.15, 0.2) is 45.2 Å². The highest BCUT2D eigenvalue weighted by Gasteiger charge is 2.24. The fraction of sp³-hybridized carbons (Fsp3) is 0.333. The largest absolute Gasteiger partial charge is 0.433 e. The smallest absolute Gasteiger partial charge is 0.423 e. The number of hydrogen-bond acceptors (Lipinski definition) is 7. The normalized spacial score (nSPS) is 15.2. The van der Waals surface area contributed by atoms with Crippen molar-refractivity contribution in [3.63, 3.8) is 0 Å². The quantitative estimate of drug-likeness (QED) is 0.542. The van der Waals surface area contributed by atoms with E-state index >= 15 is 0 Å². The molecule has 0 saturated carbocycles. The lowest BCUT2D eigenvalue weighted by Crippen LogP contribution is -2.38. The molecule has 0 unspecified atom stereocenters. The Morgan fingerprint density at radius 2 is 2.00 bits per heavy atom. The molecule has 1 saturated heterocycles. The molecule has 1 N–H and O–H groups in total. The third-order valence-corrected chi connectivity index (χ3v) is 4.71. The predicted octanol–water partition coefficient (Wildman–Crippen LogP) is 2.98. The minimum atomic E-state index is -0.668. The van der Waals surface area contributed by atoms with Crippen LogP contribution in [-0.4, -0.2) is 35.4 Å². The summed E-state index contributed by atoms with van der Waals surface area (Å²) in [5.74, 6) is -0.610. The molecule has 27 heavy (non-hydrogen) atoms. The van der Waals surface area contributed by atoms with Crippen molar-refractivity contribution in [2.75, 3.05) is 24.5 Å². The fourth-order valence-electron chi connectivity index (χ4n) is 3.20. The number of aromatic nitrogens is 1. The number of para-hydroxylation sites is 2. The van der Waals surface area contributed by atoms with E-state index in [1.54, 1.807) is 0 Å². The van der Waals surface area contributed by atoms with Gasteiger partial charge < -0.3 is 19.1 Å². The molecule has 0 bridgehead atoms. The van der Waals surface area contributed by atoms with Gasteiger partial charge in [0.05, 0.1) is 6.07 Å². The van der Waals surface area contributed by atoms with Crippen molar-refractivity contribution in [3.05, 3.63) is 52.3 Å². The number of oxazole rings is 1. The molecule has 2 aromatic heterocycles. The topological polar surface area (TPSA) is 115 Å². The summed E-state index contributed by atoms with van der Waals surface area (Å²) >= 11 is 0. The van der Waals surface area contributed by atoms with Crippen LogP contribution in [0.1, 0.15) is 23.4 Å². The molecule has 3 aromatic rings. The molecule has 1 fully saturated rings. The summed E-state index contributed by atoms with van der Waals surface area (Å²) in [6.45, 7) is 2.08. The SMILES string of the molecule is O=C(NCC1CCN(c2nc3ccccc3o2)CC1)c1ccc([N+](=O)[O-])o1. The number of nitrogens with one attached hydrogen (secondary N) is 1. The van der Waals surface area contributed by atoms with Gasteiger partial charge in [-0.05, 0) is 37.0 Å². The van der Waals surface area contributed by atoms with Gasteiger partial charge in [0.25, 0.3) is 11.9 Å². The second-order valence-corrected chi connectivity index (χ2v) is 6.50. The first-order valence-corrected chi connectivity index (χ1v) is 8.73. The van der Waals surface area contributed by atoms with E-state index in [-0.39, 0.29) is 5.76 Å². The van der Waals surface area contributed by atoms with Crippen LogP contribution in [0.5, 0.6) is 0 Å². The number of furan rings is 1. The van der Waals surface area contributed by atoms with Crippen LogP contribution < -0.4 is 10.2 Å². The second kappa shape index (κ2) is 7.10. The van der Waals surface area contributed by atoms with Crippen molar-refractivity contribution in [2.24, 2.45) is 5.92 Å². The number of benzene rings is 1. The number of nitro groups is 1. The zero-order chi connectivity index (χ0) is 18.8. The standard InChI is InChI=1S/C18H18N4O5/c23-17(15-5-6-16(26-15)22(24)25)19-11-12-7-9-21(10-8-12)18-20-13-3-1-2-4-14(13)27-18/h1-6,12H,7-11H2,(H,19,23). The van der Waals surface area contributed by atoms with Crippen LogP contribution in [0, 0.1) is 16.0 Å². The van der Waals surface area contributed by atoms with E-state index in [1.807, 2.05) is 24.3 Å². The van der Waals surface area contributed by atoms with E-state index < -0.39 is 16.7 Å². The predicted molar refractivity (Wildman–Crippen MR) is 96.6 cm³/mol. The van der Waals surface area contributed by atoms with Crippen molar-refractivity contribution in [1.82, 2.24) is 10.3 Å². The van der Waals surface area contributed by atoms with Crippen LogP contribution in [-0.2, 0) is 0 Å². The van der Waals surface area contributed by atoms with Crippen molar-refractivity contribution in [3.8, 4) is 0 Å². The second-order valence-electron chi connectivity index (χ2n) is 6.50. The Hall–Kier alpha value is -3.36. The number of fused-ring (bicyclic) bond motifs is 1. The summed E-state index contributed by atoms with van der Waals surface area (Å²) in [6.07, 6.45) is 1.77. The number of hydrogen-bond donors (Lipinski definition) is 1. The average Bonchev–Trinajstić information content (AvgIpc) is 3.33. The number of anilines is 1. The first-order chi connectivity index (χ1) is 13.1. The third-order valence-electron chi connectivity index (χ3n) is 4.71. The Labute approximate surface area is 154 Å². The van der Waals surface area contributed by atoms with Gasteiger partial charge in [0.2, 0.25) is 0 Å². The fourth-order valence-corrected chi connectivity index (χ4v) is 3.20. The van der Waals surface area contributed by atoms with Crippen LogP contribution in [0.2, 0.25) is 0 Å². The number of carbonyl (C=O) groups excluding carboxylic acids is 1. The number of amides is 1. The molecule has 9 heteroatoms. The highest BCUT2D eigenvalue weighted by molar-refractivity contribution is 5.91. The van der Waals surface area contributed by atoms with Gasteiger partial charge in [-0.2, -0.15) is 4.98 Å². The molecular formula is C18H18N4O5. The molecule has 3 heterocycles. The van der Waals surface area contributed by atoms with E-state index in [9.17, 15) is 14.9 Å². The zero-order valence-corrected chi connectivity index (χ0v) is 14.5. The summed E-state index contributed by atoms with van der Waals surface area (Å²) in [4.78, 5) is 28.6. The van der Waals surface area contributed by atoms with Crippen LogP contribution in [0.25, 0.3) is 11.1 Å². The molecule has 1 aromatic carbocycles. The number of carbonyl (C=O) groups is 1. The minimum Gasteiger partial charge on any atom is -0.423 e. The monoisotopic (exact) mass is 370 g/mol. The van der Waals surface area contributed by atoms with Gasteiger partial charge in [0.1, 0.15) is 10.4 Å². The summed E-state index contributed by atoms with van der Waals surface area (Å²) in [7, 11) is 0. The van der Waals surface area contributed by atoms with Gasteiger partial charge in [-0.15, -0.1) is 0 Å². The molecule has 0 radical (unpaired) electrons. The molecule has 0 atom stereocenters. The van der Waals surface area contributed by atoms with Crippen molar-refractivity contribution in [2.45, 2.75) is 12.8 Å². The number of piperidine rings is 1. The highest BCUT2D eigenvalue weighted by atomic mass is 16.6. The number of nitrogens with zero attached hydrogens (tertiary/aromatic N) is 3. The van der Waals surface area contributed by atoms with Crippen LogP contribution in [0.4, 0.5) is 11.9 Å². The lowest BCUT2D eigenvalue weighted by molar-refractivity contribution is -0.402. The van der Waals surface area contributed by atoms with E-state index in [0.717, 1.165) is 37.0 Å². The Balaban J connectivity index is 1.29. The molecule has 0 aliphatic carbocycles. The van der Waals surface area contributed by atoms with Gasteiger partial charge in [0, 0.05) is 19.6 Å². The highest BCUT2D eigenvalue weighted by Crippen LogP contribution is 2.26. The minimum absolute atomic E-state index is 0.0504. The zero-order valence-electron chi connectivity index (χ0n) is 14.5. The van der Waals surface area contributed by atoms with Gasteiger partial charge >= 0.3 is 5.88 Å². The third kappa shape index (κ3) is 3.62. The Morgan fingerprint density at radius 1 is 1.22 bits per heavy atom. The van der Waals surface area contributed by atoms with E-state index in [2.05, 4.69) is 15.2 Å². The summed E-state index contributed by atoms with van der Waals surface area (Å²) < 4.78 is 10.7. The molecule has 140 valence electrons. The van der Waals surface area contributed by atoms with E-state index in [1.165, 1.54) is 12.1 Å².